The molecule has 4 aromatic rings. The van der Waals surface area contributed by atoms with Crippen LogP contribution >= 0.6 is 0 Å². The smallest absolute Gasteiger partial charge is 0.238 e. The van der Waals surface area contributed by atoms with Crippen LogP contribution in [-0.2, 0) is 13.0 Å². The van der Waals surface area contributed by atoms with E-state index >= 15 is 0 Å². The SMILES string of the molecule is Fc1cccc(Cc2nnc(Cn3nnc4ccccc43)o2)c1. The second kappa shape index (κ2) is 5.60. The van der Waals surface area contributed by atoms with Gasteiger partial charge in [-0.15, -0.1) is 15.3 Å². The van der Waals surface area contributed by atoms with Crippen molar-refractivity contribution in [1.29, 1.82) is 0 Å². The van der Waals surface area contributed by atoms with Gasteiger partial charge in [0.2, 0.25) is 11.8 Å². The molecule has 0 fully saturated rings. The van der Waals surface area contributed by atoms with Crippen LogP contribution in [0.25, 0.3) is 11.0 Å². The van der Waals surface area contributed by atoms with E-state index < -0.39 is 0 Å². The van der Waals surface area contributed by atoms with Crippen molar-refractivity contribution in [2.75, 3.05) is 0 Å². The van der Waals surface area contributed by atoms with E-state index in [4.69, 9.17) is 4.42 Å². The molecule has 0 aliphatic rings. The molecule has 23 heavy (non-hydrogen) atoms. The summed E-state index contributed by atoms with van der Waals surface area (Å²) >= 11 is 0. The normalized spacial score (nSPS) is 11.2. The summed E-state index contributed by atoms with van der Waals surface area (Å²) in [4.78, 5) is 0. The second-order valence-corrected chi connectivity index (χ2v) is 5.13. The minimum atomic E-state index is -0.281. The molecule has 6 nitrogen and oxygen atoms in total. The van der Waals surface area contributed by atoms with E-state index in [1.165, 1.54) is 12.1 Å². The molecule has 7 heteroatoms. The lowest BCUT2D eigenvalue weighted by Gasteiger charge is -1.98. The highest BCUT2D eigenvalue weighted by Crippen LogP contribution is 2.13. The van der Waals surface area contributed by atoms with Crippen molar-refractivity contribution in [3.63, 3.8) is 0 Å². The molecule has 0 spiro atoms. The van der Waals surface area contributed by atoms with Crippen LogP contribution in [0.3, 0.4) is 0 Å². The average molecular weight is 309 g/mol. The molecule has 2 aromatic heterocycles. The lowest BCUT2D eigenvalue weighted by atomic mass is 10.1. The van der Waals surface area contributed by atoms with Gasteiger partial charge in [0.25, 0.3) is 0 Å². The van der Waals surface area contributed by atoms with Crippen molar-refractivity contribution in [2.45, 2.75) is 13.0 Å². The number of benzene rings is 2. The number of fused-ring (bicyclic) bond motifs is 1. The van der Waals surface area contributed by atoms with Crippen molar-refractivity contribution in [3.8, 4) is 0 Å². The molecule has 0 amide bonds. The third-order valence-electron chi connectivity index (χ3n) is 3.46. The molecular formula is C16H12FN5O. The number of nitrogens with zero attached hydrogens (tertiary/aromatic N) is 5. The van der Waals surface area contributed by atoms with E-state index in [0.717, 1.165) is 16.6 Å². The summed E-state index contributed by atoms with van der Waals surface area (Å²) in [6.45, 7) is 0.344. The Morgan fingerprint density at radius 3 is 2.74 bits per heavy atom. The average Bonchev–Trinajstić information content (AvgIpc) is 3.16. The van der Waals surface area contributed by atoms with Crippen molar-refractivity contribution >= 4 is 11.0 Å². The van der Waals surface area contributed by atoms with Gasteiger partial charge in [0, 0.05) is 0 Å². The second-order valence-electron chi connectivity index (χ2n) is 5.13. The molecule has 0 radical (unpaired) electrons. The third-order valence-corrected chi connectivity index (χ3v) is 3.46. The summed E-state index contributed by atoms with van der Waals surface area (Å²) in [5, 5.41) is 16.2. The molecule has 0 aliphatic carbocycles. The number of halogens is 1. The number of aromatic nitrogens is 5. The molecule has 0 N–H and O–H groups in total. The van der Waals surface area contributed by atoms with E-state index in [1.54, 1.807) is 10.7 Å². The van der Waals surface area contributed by atoms with E-state index in [9.17, 15) is 4.39 Å². The van der Waals surface area contributed by atoms with Gasteiger partial charge in [-0.2, -0.15) is 0 Å². The van der Waals surface area contributed by atoms with Gasteiger partial charge < -0.3 is 4.42 Å². The highest BCUT2D eigenvalue weighted by molar-refractivity contribution is 5.73. The minimum Gasteiger partial charge on any atom is -0.423 e. The van der Waals surface area contributed by atoms with Crippen molar-refractivity contribution in [1.82, 2.24) is 25.2 Å². The van der Waals surface area contributed by atoms with E-state index in [1.807, 2.05) is 30.3 Å². The molecule has 0 atom stereocenters. The largest absolute Gasteiger partial charge is 0.423 e. The Morgan fingerprint density at radius 2 is 1.83 bits per heavy atom. The molecule has 114 valence electrons. The van der Waals surface area contributed by atoms with Crippen LogP contribution in [-0.4, -0.2) is 25.2 Å². The first-order chi connectivity index (χ1) is 11.3. The monoisotopic (exact) mass is 309 g/mol. The van der Waals surface area contributed by atoms with E-state index in [-0.39, 0.29) is 5.82 Å². The van der Waals surface area contributed by atoms with Gasteiger partial charge in [-0.1, -0.05) is 29.5 Å². The van der Waals surface area contributed by atoms with Crippen molar-refractivity contribution in [3.05, 3.63) is 71.7 Å². The van der Waals surface area contributed by atoms with Gasteiger partial charge in [0.05, 0.1) is 11.9 Å². The molecular weight excluding hydrogens is 297 g/mol. The molecule has 4 rings (SSSR count). The first-order valence-electron chi connectivity index (χ1n) is 7.12. The van der Waals surface area contributed by atoms with Crippen LogP contribution in [0.4, 0.5) is 4.39 Å². The fourth-order valence-corrected chi connectivity index (χ4v) is 2.41. The van der Waals surface area contributed by atoms with Crippen LogP contribution in [0.2, 0.25) is 0 Å². The molecule has 0 saturated carbocycles. The number of para-hydroxylation sites is 1. The predicted molar refractivity (Wildman–Crippen MR) is 80.1 cm³/mol. The highest BCUT2D eigenvalue weighted by Gasteiger charge is 2.11. The van der Waals surface area contributed by atoms with E-state index in [2.05, 4.69) is 20.5 Å². The first kappa shape index (κ1) is 13.6. The molecule has 2 aromatic carbocycles. The van der Waals surface area contributed by atoms with Gasteiger partial charge in [-0.25, -0.2) is 9.07 Å². The lowest BCUT2D eigenvalue weighted by molar-refractivity contribution is 0.436. The fraction of sp³-hybridized carbons (Fsp3) is 0.125. The summed E-state index contributed by atoms with van der Waals surface area (Å²) in [6, 6.07) is 14.0. The maximum absolute atomic E-state index is 13.2. The summed E-state index contributed by atoms with van der Waals surface area (Å²) in [6.07, 6.45) is 0.392. The predicted octanol–water partition coefficient (Wildman–Crippen LogP) is 2.59. The van der Waals surface area contributed by atoms with Crippen LogP contribution in [0.15, 0.2) is 52.9 Å². The van der Waals surface area contributed by atoms with Gasteiger partial charge >= 0.3 is 0 Å². The summed E-state index contributed by atoms with van der Waals surface area (Å²) < 4.78 is 20.5. The van der Waals surface area contributed by atoms with Crippen LogP contribution < -0.4 is 0 Å². The standard InChI is InChI=1S/C16H12FN5O/c17-12-5-3-4-11(8-12)9-15-19-20-16(23-15)10-22-14-7-2-1-6-13(14)18-21-22/h1-8H,9-10H2. The summed E-state index contributed by atoms with van der Waals surface area (Å²) in [7, 11) is 0. The Hall–Kier alpha value is -3.09. The Kier molecular flexibility index (Phi) is 3.30. The van der Waals surface area contributed by atoms with Gasteiger partial charge in [-0.05, 0) is 29.8 Å². The van der Waals surface area contributed by atoms with Gasteiger partial charge in [-0.3, -0.25) is 0 Å². The third kappa shape index (κ3) is 2.80. The number of rotatable bonds is 4. The van der Waals surface area contributed by atoms with E-state index in [0.29, 0.717) is 24.7 Å². The zero-order chi connectivity index (χ0) is 15.6. The zero-order valence-electron chi connectivity index (χ0n) is 12.1. The molecule has 0 saturated heterocycles. The zero-order valence-corrected chi connectivity index (χ0v) is 12.1. The van der Waals surface area contributed by atoms with Crippen molar-refractivity contribution in [2.24, 2.45) is 0 Å². The Morgan fingerprint density at radius 1 is 0.957 bits per heavy atom. The minimum absolute atomic E-state index is 0.281. The Labute approximate surface area is 130 Å². The molecule has 0 bridgehead atoms. The lowest BCUT2D eigenvalue weighted by Crippen LogP contribution is -2.02. The molecule has 0 unspecified atom stereocenters. The number of hydrogen-bond donors (Lipinski definition) is 0. The van der Waals surface area contributed by atoms with Crippen LogP contribution in [0.1, 0.15) is 17.3 Å². The summed E-state index contributed by atoms with van der Waals surface area (Å²) in [5.41, 5.74) is 2.50. The van der Waals surface area contributed by atoms with Crippen LogP contribution in [0, 0.1) is 5.82 Å². The summed E-state index contributed by atoms with van der Waals surface area (Å²) in [5.74, 6) is 0.596. The number of hydrogen-bond acceptors (Lipinski definition) is 5. The highest BCUT2D eigenvalue weighted by atomic mass is 19.1. The quantitative estimate of drug-likeness (QED) is 0.579. The maximum atomic E-state index is 13.2. The van der Waals surface area contributed by atoms with Gasteiger partial charge in [0.15, 0.2) is 0 Å². The fourth-order valence-electron chi connectivity index (χ4n) is 2.41. The van der Waals surface area contributed by atoms with Crippen molar-refractivity contribution < 1.29 is 8.81 Å². The Bertz CT molecular complexity index is 962. The maximum Gasteiger partial charge on any atom is 0.238 e. The molecule has 2 heterocycles. The first-order valence-corrected chi connectivity index (χ1v) is 7.12. The van der Waals surface area contributed by atoms with Crippen LogP contribution in [0.5, 0.6) is 0 Å². The topological polar surface area (TPSA) is 69.6 Å². The molecule has 0 aliphatic heterocycles. The van der Waals surface area contributed by atoms with Gasteiger partial charge in [0.1, 0.15) is 17.9 Å². The Balaban J connectivity index is 1.54.